The molecule has 0 aromatic heterocycles. The third-order valence-electron chi connectivity index (χ3n) is 3.24. The van der Waals surface area contributed by atoms with Gasteiger partial charge in [-0.05, 0) is 44.0 Å². The van der Waals surface area contributed by atoms with Gasteiger partial charge in [-0.3, -0.25) is 0 Å². The van der Waals surface area contributed by atoms with Crippen molar-refractivity contribution < 1.29 is 4.74 Å². The average Bonchev–Trinajstić information content (AvgIpc) is 2.27. The van der Waals surface area contributed by atoms with Crippen LogP contribution in [0.5, 0.6) is 0 Å². The maximum atomic E-state index is 5.84. The monoisotopic (exact) mass is 234 g/mol. The van der Waals surface area contributed by atoms with Gasteiger partial charge in [-0.1, -0.05) is 6.92 Å². The first-order valence-corrected chi connectivity index (χ1v) is 6.39. The normalized spacial score (nSPS) is 25.0. The molecule has 1 aliphatic heterocycles. The van der Waals surface area contributed by atoms with Crippen molar-refractivity contribution in [2.24, 2.45) is 0 Å². The van der Waals surface area contributed by atoms with Gasteiger partial charge in [0.2, 0.25) is 0 Å². The Morgan fingerprint density at radius 1 is 1.29 bits per heavy atom. The third kappa shape index (κ3) is 2.72. The number of morpholine rings is 1. The van der Waals surface area contributed by atoms with Gasteiger partial charge in [-0.15, -0.1) is 0 Å². The fourth-order valence-corrected chi connectivity index (χ4v) is 2.57. The zero-order valence-electron chi connectivity index (χ0n) is 10.9. The fraction of sp³-hybridized carbons (Fsp3) is 0.571. The van der Waals surface area contributed by atoms with Crippen LogP contribution in [-0.4, -0.2) is 25.3 Å². The van der Waals surface area contributed by atoms with E-state index in [1.807, 2.05) is 6.07 Å². The summed E-state index contributed by atoms with van der Waals surface area (Å²) in [5.74, 6) is 0. The summed E-state index contributed by atoms with van der Waals surface area (Å²) in [5.41, 5.74) is 9.33. The molecule has 17 heavy (non-hydrogen) atoms. The van der Waals surface area contributed by atoms with E-state index < -0.39 is 0 Å². The van der Waals surface area contributed by atoms with Gasteiger partial charge in [-0.25, -0.2) is 0 Å². The molecule has 0 spiro atoms. The second-order valence-corrected chi connectivity index (χ2v) is 4.90. The first-order chi connectivity index (χ1) is 8.10. The Morgan fingerprint density at radius 2 is 1.94 bits per heavy atom. The van der Waals surface area contributed by atoms with Crippen molar-refractivity contribution >= 4 is 11.4 Å². The van der Waals surface area contributed by atoms with Crippen LogP contribution in [-0.2, 0) is 11.2 Å². The van der Waals surface area contributed by atoms with Gasteiger partial charge >= 0.3 is 0 Å². The second-order valence-electron chi connectivity index (χ2n) is 4.90. The second kappa shape index (κ2) is 4.96. The zero-order valence-corrected chi connectivity index (χ0v) is 10.9. The molecule has 94 valence electrons. The Hall–Kier alpha value is -1.22. The molecule has 0 saturated carbocycles. The van der Waals surface area contributed by atoms with Crippen LogP contribution < -0.4 is 10.6 Å². The number of benzene rings is 1. The van der Waals surface area contributed by atoms with Crippen LogP contribution in [0.15, 0.2) is 18.2 Å². The van der Waals surface area contributed by atoms with Crippen LogP contribution in [0.2, 0.25) is 0 Å². The summed E-state index contributed by atoms with van der Waals surface area (Å²) in [6.45, 7) is 8.35. The Kier molecular flexibility index (Phi) is 3.57. The molecular weight excluding hydrogens is 212 g/mol. The SMILES string of the molecule is CCc1cc(N)ccc1N1C[C@@H](C)O[C@@H](C)C1. The van der Waals surface area contributed by atoms with Crippen molar-refractivity contribution in [1.82, 2.24) is 0 Å². The van der Waals surface area contributed by atoms with E-state index in [9.17, 15) is 0 Å². The van der Waals surface area contributed by atoms with Crippen molar-refractivity contribution in [2.75, 3.05) is 23.7 Å². The molecule has 1 fully saturated rings. The molecule has 0 amide bonds. The molecule has 1 heterocycles. The van der Waals surface area contributed by atoms with Crippen molar-refractivity contribution in [3.8, 4) is 0 Å². The fourth-order valence-electron chi connectivity index (χ4n) is 2.57. The van der Waals surface area contributed by atoms with Gasteiger partial charge in [-0.2, -0.15) is 0 Å². The lowest BCUT2D eigenvalue weighted by atomic mass is 10.1. The lowest BCUT2D eigenvalue weighted by molar-refractivity contribution is -0.00525. The number of aryl methyl sites for hydroxylation is 1. The predicted molar refractivity (Wildman–Crippen MR) is 72.5 cm³/mol. The molecule has 2 atom stereocenters. The van der Waals surface area contributed by atoms with E-state index in [2.05, 4.69) is 37.8 Å². The first kappa shape index (κ1) is 12.2. The largest absolute Gasteiger partial charge is 0.399 e. The van der Waals surface area contributed by atoms with Crippen molar-refractivity contribution in [1.29, 1.82) is 0 Å². The minimum absolute atomic E-state index is 0.293. The van der Waals surface area contributed by atoms with Crippen LogP contribution in [0.3, 0.4) is 0 Å². The highest BCUT2D eigenvalue weighted by molar-refractivity contribution is 5.60. The summed E-state index contributed by atoms with van der Waals surface area (Å²) in [4.78, 5) is 2.41. The number of ether oxygens (including phenoxy) is 1. The third-order valence-corrected chi connectivity index (χ3v) is 3.24. The van der Waals surface area contributed by atoms with Gasteiger partial charge in [0.1, 0.15) is 0 Å². The van der Waals surface area contributed by atoms with E-state index in [0.717, 1.165) is 25.2 Å². The van der Waals surface area contributed by atoms with Crippen molar-refractivity contribution in [2.45, 2.75) is 39.4 Å². The molecule has 3 nitrogen and oxygen atoms in total. The summed E-state index contributed by atoms with van der Waals surface area (Å²) in [7, 11) is 0. The molecule has 0 bridgehead atoms. The van der Waals surface area contributed by atoms with E-state index in [1.54, 1.807) is 0 Å². The zero-order chi connectivity index (χ0) is 12.4. The van der Waals surface area contributed by atoms with Crippen LogP contribution in [0, 0.1) is 0 Å². The summed E-state index contributed by atoms with van der Waals surface area (Å²) in [6.07, 6.45) is 1.60. The van der Waals surface area contributed by atoms with Crippen molar-refractivity contribution in [3.63, 3.8) is 0 Å². The topological polar surface area (TPSA) is 38.5 Å². The molecule has 2 rings (SSSR count). The maximum Gasteiger partial charge on any atom is 0.0726 e. The Balaban J connectivity index is 2.26. The number of anilines is 2. The lowest BCUT2D eigenvalue weighted by Crippen LogP contribution is -2.45. The number of rotatable bonds is 2. The molecule has 1 saturated heterocycles. The van der Waals surface area contributed by atoms with E-state index in [-0.39, 0.29) is 0 Å². The molecule has 0 aliphatic carbocycles. The summed E-state index contributed by atoms with van der Waals surface area (Å²) in [6, 6.07) is 6.21. The quantitative estimate of drug-likeness (QED) is 0.799. The van der Waals surface area contributed by atoms with E-state index >= 15 is 0 Å². The first-order valence-electron chi connectivity index (χ1n) is 6.39. The molecular formula is C14H22N2O. The summed E-state index contributed by atoms with van der Waals surface area (Å²) in [5, 5.41) is 0. The standard InChI is InChI=1S/C14H22N2O/c1-4-12-7-13(15)5-6-14(12)16-8-10(2)17-11(3)9-16/h5-7,10-11H,4,8-9,15H2,1-3H3/t10-,11+. The summed E-state index contributed by atoms with van der Waals surface area (Å²) < 4.78 is 5.77. The predicted octanol–water partition coefficient (Wildman–Crippen LogP) is 2.44. The van der Waals surface area contributed by atoms with Crippen LogP contribution in [0.1, 0.15) is 26.3 Å². The molecule has 0 unspecified atom stereocenters. The molecule has 1 aromatic carbocycles. The highest BCUT2D eigenvalue weighted by atomic mass is 16.5. The number of hydrogen-bond donors (Lipinski definition) is 1. The Morgan fingerprint density at radius 3 is 2.53 bits per heavy atom. The van der Waals surface area contributed by atoms with E-state index in [4.69, 9.17) is 10.5 Å². The number of nitrogens with zero attached hydrogens (tertiary/aromatic N) is 1. The van der Waals surface area contributed by atoms with Crippen LogP contribution in [0.4, 0.5) is 11.4 Å². The van der Waals surface area contributed by atoms with Gasteiger partial charge in [0.15, 0.2) is 0 Å². The summed E-state index contributed by atoms with van der Waals surface area (Å²) >= 11 is 0. The minimum Gasteiger partial charge on any atom is -0.399 e. The number of hydrogen-bond acceptors (Lipinski definition) is 3. The Labute approximate surface area is 104 Å². The number of nitrogens with two attached hydrogens (primary N) is 1. The Bertz CT molecular complexity index is 382. The van der Waals surface area contributed by atoms with E-state index in [0.29, 0.717) is 12.2 Å². The maximum absolute atomic E-state index is 5.84. The average molecular weight is 234 g/mol. The van der Waals surface area contributed by atoms with Crippen LogP contribution >= 0.6 is 0 Å². The van der Waals surface area contributed by atoms with E-state index in [1.165, 1.54) is 11.3 Å². The van der Waals surface area contributed by atoms with Gasteiger partial charge in [0.25, 0.3) is 0 Å². The lowest BCUT2D eigenvalue weighted by Gasteiger charge is -2.37. The molecule has 2 N–H and O–H groups in total. The highest BCUT2D eigenvalue weighted by Crippen LogP contribution is 2.26. The molecule has 0 radical (unpaired) electrons. The number of nitrogen functional groups attached to an aromatic ring is 1. The molecule has 1 aliphatic rings. The molecule has 3 heteroatoms. The molecule has 1 aromatic rings. The van der Waals surface area contributed by atoms with Crippen LogP contribution in [0.25, 0.3) is 0 Å². The van der Waals surface area contributed by atoms with Gasteiger partial charge < -0.3 is 15.4 Å². The van der Waals surface area contributed by atoms with Crippen molar-refractivity contribution in [3.05, 3.63) is 23.8 Å². The van der Waals surface area contributed by atoms with Gasteiger partial charge in [0.05, 0.1) is 12.2 Å². The smallest absolute Gasteiger partial charge is 0.0726 e. The highest BCUT2D eigenvalue weighted by Gasteiger charge is 2.23. The minimum atomic E-state index is 0.293. The van der Waals surface area contributed by atoms with Gasteiger partial charge in [0, 0.05) is 24.5 Å².